The normalized spacial score (nSPS) is 10.7. The Hall–Kier alpha value is -1.38. The number of aromatic nitrogens is 1. The summed E-state index contributed by atoms with van der Waals surface area (Å²) >= 11 is 0. The fourth-order valence-corrected chi connectivity index (χ4v) is 0.661. The lowest BCUT2D eigenvalue weighted by atomic mass is 10.3. The molecule has 3 nitrogen and oxygen atoms in total. The first-order valence-corrected chi connectivity index (χ1v) is 3.30. The van der Waals surface area contributed by atoms with E-state index >= 15 is 0 Å². The molecule has 0 aliphatic rings. The molecule has 1 rings (SSSR count). The summed E-state index contributed by atoms with van der Waals surface area (Å²) in [5, 5.41) is 3.66. The molecular formula is C8H9NO2. The maximum atomic E-state index is 10.5. The van der Waals surface area contributed by atoms with Crippen LogP contribution in [0.5, 0.6) is 0 Å². The molecule has 0 saturated carbocycles. The SMILES string of the molecule is CC(=O)C=Cc1cc(C)no1. The Morgan fingerprint density at radius 2 is 2.45 bits per heavy atom. The van der Waals surface area contributed by atoms with E-state index in [0.29, 0.717) is 5.76 Å². The molecule has 0 saturated heterocycles. The molecule has 0 fully saturated rings. The number of carbonyl (C=O) groups excluding carboxylic acids is 1. The van der Waals surface area contributed by atoms with Crippen LogP contribution >= 0.6 is 0 Å². The zero-order valence-electron chi connectivity index (χ0n) is 6.50. The van der Waals surface area contributed by atoms with Crippen molar-refractivity contribution in [3.8, 4) is 0 Å². The van der Waals surface area contributed by atoms with Crippen LogP contribution in [0.3, 0.4) is 0 Å². The van der Waals surface area contributed by atoms with E-state index in [1.54, 1.807) is 12.1 Å². The summed E-state index contributed by atoms with van der Waals surface area (Å²) in [6.45, 7) is 3.31. The number of carbonyl (C=O) groups is 1. The van der Waals surface area contributed by atoms with E-state index in [9.17, 15) is 4.79 Å². The molecule has 0 spiro atoms. The van der Waals surface area contributed by atoms with Crippen molar-refractivity contribution in [1.29, 1.82) is 0 Å². The first kappa shape index (κ1) is 7.72. The smallest absolute Gasteiger partial charge is 0.160 e. The van der Waals surface area contributed by atoms with Crippen LogP contribution in [-0.2, 0) is 4.79 Å². The Morgan fingerprint density at radius 3 is 2.91 bits per heavy atom. The molecule has 1 aromatic heterocycles. The minimum atomic E-state index is -0.000877. The molecular weight excluding hydrogens is 142 g/mol. The first-order chi connectivity index (χ1) is 5.18. The van der Waals surface area contributed by atoms with Crippen LogP contribution in [0.4, 0.5) is 0 Å². The quantitative estimate of drug-likeness (QED) is 0.603. The Balaban J connectivity index is 2.71. The van der Waals surface area contributed by atoms with Gasteiger partial charge in [-0.15, -0.1) is 0 Å². The van der Waals surface area contributed by atoms with Crippen LogP contribution in [-0.4, -0.2) is 10.9 Å². The van der Waals surface area contributed by atoms with Gasteiger partial charge in [0.05, 0.1) is 5.69 Å². The van der Waals surface area contributed by atoms with Gasteiger partial charge in [-0.2, -0.15) is 0 Å². The zero-order chi connectivity index (χ0) is 8.27. The average molecular weight is 151 g/mol. The highest BCUT2D eigenvalue weighted by Crippen LogP contribution is 2.03. The highest BCUT2D eigenvalue weighted by molar-refractivity contribution is 5.91. The Labute approximate surface area is 64.7 Å². The summed E-state index contributed by atoms with van der Waals surface area (Å²) in [5.41, 5.74) is 0.813. The Bertz CT molecular complexity index is 286. The molecule has 0 radical (unpaired) electrons. The van der Waals surface area contributed by atoms with Crippen molar-refractivity contribution in [3.05, 3.63) is 23.6 Å². The molecule has 0 aliphatic carbocycles. The molecule has 0 aliphatic heterocycles. The van der Waals surface area contributed by atoms with Crippen molar-refractivity contribution >= 4 is 11.9 Å². The van der Waals surface area contributed by atoms with E-state index in [1.807, 2.05) is 6.92 Å². The minimum absolute atomic E-state index is 0.000877. The number of allylic oxidation sites excluding steroid dienone is 1. The minimum Gasteiger partial charge on any atom is -0.357 e. The Kier molecular flexibility index (Phi) is 2.21. The predicted molar refractivity (Wildman–Crippen MR) is 41.0 cm³/mol. The summed E-state index contributed by atoms with van der Waals surface area (Å²) in [6.07, 6.45) is 3.04. The van der Waals surface area contributed by atoms with Gasteiger partial charge in [0.15, 0.2) is 11.5 Å². The van der Waals surface area contributed by atoms with Crippen LogP contribution in [0.1, 0.15) is 18.4 Å². The van der Waals surface area contributed by atoms with Gasteiger partial charge in [0.1, 0.15) is 0 Å². The van der Waals surface area contributed by atoms with Crippen molar-refractivity contribution in [3.63, 3.8) is 0 Å². The fourth-order valence-electron chi connectivity index (χ4n) is 0.661. The monoisotopic (exact) mass is 151 g/mol. The highest BCUT2D eigenvalue weighted by Gasteiger charge is 1.94. The van der Waals surface area contributed by atoms with Crippen molar-refractivity contribution in [2.24, 2.45) is 0 Å². The molecule has 0 atom stereocenters. The third kappa shape index (κ3) is 2.37. The number of hydrogen-bond donors (Lipinski definition) is 0. The van der Waals surface area contributed by atoms with Gasteiger partial charge in [0.2, 0.25) is 0 Å². The van der Waals surface area contributed by atoms with E-state index in [0.717, 1.165) is 5.69 Å². The third-order valence-corrected chi connectivity index (χ3v) is 1.13. The number of aryl methyl sites for hydroxylation is 1. The molecule has 0 amide bonds. The molecule has 0 aromatic carbocycles. The van der Waals surface area contributed by atoms with E-state index in [-0.39, 0.29) is 5.78 Å². The summed E-state index contributed by atoms with van der Waals surface area (Å²) in [6, 6.07) is 1.76. The molecule has 58 valence electrons. The van der Waals surface area contributed by atoms with E-state index < -0.39 is 0 Å². The molecule has 0 unspecified atom stereocenters. The molecule has 11 heavy (non-hydrogen) atoms. The Morgan fingerprint density at radius 1 is 1.73 bits per heavy atom. The second-order valence-electron chi connectivity index (χ2n) is 2.31. The van der Waals surface area contributed by atoms with Crippen LogP contribution in [0.15, 0.2) is 16.7 Å². The summed E-state index contributed by atoms with van der Waals surface area (Å²) < 4.78 is 4.83. The average Bonchev–Trinajstić information content (AvgIpc) is 2.31. The molecule has 1 aromatic rings. The highest BCUT2D eigenvalue weighted by atomic mass is 16.5. The fraction of sp³-hybridized carbons (Fsp3) is 0.250. The molecule has 1 heterocycles. The van der Waals surface area contributed by atoms with E-state index in [2.05, 4.69) is 5.16 Å². The van der Waals surface area contributed by atoms with E-state index in [4.69, 9.17) is 4.52 Å². The molecule has 0 N–H and O–H groups in total. The van der Waals surface area contributed by atoms with Crippen molar-refractivity contribution < 1.29 is 9.32 Å². The van der Waals surface area contributed by atoms with Gasteiger partial charge in [0, 0.05) is 6.07 Å². The van der Waals surface area contributed by atoms with Gasteiger partial charge in [-0.3, -0.25) is 4.79 Å². The summed E-state index contributed by atoms with van der Waals surface area (Å²) in [4.78, 5) is 10.5. The van der Waals surface area contributed by atoms with Crippen LogP contribution in [0, 0.1) is 6.92 Å². The van der Waals surface area contributed by atoms with Gasteiger partial charge in [-0.05, 0) is 26.0 Å². The second-order valence-corrected chi connectivity index (χ2v) is 2.31. The second kappa shape index (κ2) is 3.14. The zero-order valence-corrected chi connectivity index (χ0v) is 6.50. The first-order valence-electron chi connectivity index (χ1n) is 3.30. The lowest BCUT2D eigenvalue weighted by Crippen LogP contribution is -1.78. The predicted octanol–water partition coefficient (Wildman–Crippen LogP) is 1.59. The van der Waals surface area contributed by atoms with Gasteiger partial charge < -0.3 is 4.52 Å². The van der Waals surface area contributed by atoms with Gasteiger partial charge in [0.25, 0.3) is 0 Å². The van der Waals surface area contributed by atoms with Gasteiger partial charge in [-0.25, -0.2) is 0 Å². The summed E-state index contributed by atoms with van der Waals surface area (Å²) in [5.74, 6) is 0.608. The molecule has 0 bridgehead atoms. The standard InChI is InChI=1S/C8H9NO2/c1-6-5-8(11-9-6)4-3-7(2)10/h3-5H,1-2H3. The number of hydrogen-bond acceptors (Lipinski definition) is 3. The lowest BCUT2D eigenvalue weighted by Gasteiger charge is -1.77. The number of ketones is 1. The maximum Gasteiger partial charge on any atom is 0.160 e. The van der Waals surface area contributed by atoms with Crippen molar-refractivity contribution in [1.82, 2.24) is 5.16 Å². The van der Waals surface area contributed by atoms with Crippen LogP contribution in [0.25, 0.3) is 6.08 Å². The van der Waals surface area contributed by atoms with Gasteiger partial charge in [-0.1, -0.05) is 5.16 Å². The third-order valence-electron chi connectivity index (χ3n) is 1.13. The van der Waals surface area contributed by atoms with Crippen molar-refractivity contribution in [2.45, 2.75) is 13.8 Å². The molecule has 3 heteroatoms. The summed E-state index contributed by atoms with van der Waals surface area (Å²) in [7, 11) is 0. The number of rotatable bonds is 2. The van der Waals surface area contributed by atoms with Crippen LogP contribution in [0.2, 0.25) is 0 Å². The maximum absolute atomic E-state index is 10.5. The number of nitrogens with zero attached hydrogens (tertiary/aromatic N) is 1. The van der Waals surface area contributed by atoms with Crippen molar-refractivity contribution in [2.75, 3.05) is 0 Å². The lowest BCUT2D eigenvalue weighted by molar-refractivity contribution is -0.112. The van der Waals surface area contributed by atoms with E-state index in [1.165, 1.54) is 13.0 Å². The topological polar surface area (TPSA) is 43.1 Å². The van der Waals surface area contributed by atoms with Crippen LogP contribution < -0.4 is 0 Å². The largest absolute Gasteiger partial charge is 0.357 e. The van der Waals surface area contributed by atoms with Gasteiger partial charge >= 0.3 is 0 Å².